The number of hydrogen-bond acceptors (Lipinski definition) is 4. The summed E-state index contributed by atoms with van der Waals surface area (Å²) in [5, 5.41) is 0. The lowest BCUT2D eigenvalue weighted by atomic mass is 9.91. The first-order chi connectivity index (χ1) is 12.5. The lowest BCUT2D eigenvalue weighted by Crippen LogP contribution is -2.57. The Morgan fingerprint density at radius 3 is 2.15 bits per heavy atom. The van der Waals surface area contributed by atoms with Crippen LogP contribution in [0.25, 0.3) is 0 Å². The number of benzene rings is 1. The molecule has 1 unspecified atom stereocenters. The van der Waals surface area contributed by atoms with Gasteiger partial charge in [0.1, 0.15) is 5.54 Å². The van der Waals surface area contributed by atoms with Crippen LogP contribution in [-0.2, 0) is 15.1 Å². The third-order valence-corrected chi connectivity index (χ3v) is 5.54. The first-order valence-corrected chi connectivity index (χ1v) is 9.62. The van der Waals surface area contributed by atoms with Crippen molar-refractivity contribution in [3.63, 3.8) is 0 Å². The molecule has 2 saturated heterocycles. The van der Waals surface area contributed by atoms with Crippen LogP contribution < -0.4 is 5.73 Å². The first-order valence-electron chi connectivity index (χ1n) is 9.62. The number of carbonyl (C=O) groups is 2. The van der Waals surface area contributed by atoms with E-state index in [1.54, 1.807) is 6.92 Å². The van der Waals surface area contributed by atoms with E-state index in [-0.39, 0.29) is 11.8 Å². The average Bonchev–Trinajstić information content (AvgIpc) is 2.69. The van der Waals surface area contributed by atoms with Gasteiger partial charge >= 0.3 is 0 Å². The van der Waals surface area contributed by atoms with Crippen LogP contribution in [0, 0.1) is 0 Å². The van der Waals surface area contributed by atoms with E-state index in [1.807, 2.05) is 40.1 Å². The minimum Gasteiger partial charge on any atom is -0.342 e. The van der Waals surface area contributed by atoms with E-state index < -0.39 is 5.54 Å². The molecule has 1 atom stereocenters. The Bertz CT molecular complexity index is 618. The Labute approximate surface area is 155 Å². The number of hydrogen-bond donors (Lipinski definition) is 1. The summed E-state index contributed by atoms with van der Waals surface area (Å²) in [7, 11) is 0. The molecule has 0 bridgehead atoms. The van der Waals surface area contributed by atoms with Crippen LogP contribution in [0.1, 0.15) is 31.7 Å². The second-order valence-electron chi connectivity index (χ2n) is 7.58. The highest BCUT2D eigenvalue weighted by molar-refractivity contribution is 5.87. The van der Waals surface area contributed by atoms with E-state index in [0.29, 0.717) is 19.6 Å². The normalized spacial score (nSPS) is 21.3. The van der Waals surface area contributed by atoms with Gasteiger partial charge in [-0.2, -0.15) is 0 Å². The number of nitrogens with two attached hydrogens (primary N) is 1. The molecule has 2 amide bonds. The number of piperazine rings is 1. The summed E-state index contributed by atoms with van der Waals surface area (Å²) >= 11 is 0. The molecule has 0 aromatic heterocycles. The van der Waals surface area contributed by atoms with Crippen molar-refractivity contribution in [3.8, 4) is 0 Å². The van der Waals surface area contributed by atoms with Crippen molar-refractivity contribution in [2.45, 2.75) is 31.7 Å². The molecule has 26 heavy (non-hydrogen) atoms. The predicted octanol–water partition coefficient (Wildman–Crippen LogP) is 1.02. The fraction of sp³-hybridized carbons (Fsp3) is 0.600. The molecular formula is C20H30N4O2. The van der Waals surface area contributed by atoms with E-state index in [4.69, 9.17) is 5.73 Å². The fourth-order valence-electron chi connectivity index (χ4n) is 3.78. The van der Waals surface area contributed by atoms with Crippen LogP contribution in [0.4, 0.5) is 0 Å². The predicted molar refractivity (Wildman–Crippen MR) is 101 cm³/mol. The minimum atomic E-state index is -1.02. The Hall–Kier alpha value is -1.92. The lowest BCUT2D eigenvalue weighted by molar-refractivity contribution is -0.139. The van der Waals surface area contributed by atoms with Crippen molar-refractivity contribution in [2.75, 3.05) is 45.8 Å². The maximum absolute atomic E-state index is 12.9. The number of nitrogens with zero attached hydrogens (tertiary/aromatic N) is 3. The monoisotopic (exact) mass is 358 g/mol. The molecule has 0 spiro atoms. The highest BCUT2D eigenvalue weighted by Crippen LogP contribution is 2.21. The second kappa shape index (κ2) is 8.18. The highest BCUT2D eigenvalue weighted by Gasteiger charge is 2.36. The maximum Gasteiger partial charge on any atom is 0.247 e. The zero-order chi connectivity index (χ0) is 18.6. The molecule has 6 heteroatoms. The van der Waals surface area contributed by atoms with Gasteiger partial charge in [-0.25, -0.2) is 0 Å². The van der Waals surface area contributed by atoms with Gasteiger partial charge in [0, 0.05) is 39.3 Å². The molecule has 0 saturated carbocycles. The minimum absolute atomic E-state index is 0.0503. The summed E-state index contributed by atoms with van der Waals surface area (Å²) in [5.41, 5.74) is 6.17. The standard InChI is InChI=1S/C20H30N4O2/c1-20(21,17-8-4-2-5-9-17)19(26)24-14-12-22(13-15-24)16-18(25)23-10-6-3-7-11-23/h2,4-5,8-9H,3,6-7,10-16,21H2,1H3. The van der Waals surface area contributed by atoms with E-state index in [9.17, 15) is 9.59 Å². The van der Waals surface area contributed by atoms with Crippen molar-refractivity contribution in [3.05, 3.63) is 35.9 Å². The van der Waals surface area contributed by atoms with Gasteiger partial charge in [0.15, 0.2) is 0 Å². The molecular weight excluding hydrogens is 328 g/mol. The van der Waals surface area contributed by atoms with Gasteiger partial charge in [-0.1, -0.05) is 30.3 Å². The zero-order valence-corrected chi connectivity index (χ0v) is 15.7. The van der Waals surface area contributed by atoms with E-state index in [2.05, 4.69) is 4.90 Å². The second-order valence-corrected chi connectivity index (χ2v) is 7.58. The first kappa shape index (κ1) is 18.9. The highest BCUT2D eigenvalue weighted by atomic mass is 16.2. The third-order valence-electron chi connectivity index (χ3n) is 5.54. The van der Waals surface area contributed by atoms with Crippen molar-refractivity contribution >= 4 is 11.8 Å². The summed E-state index contributed by atoms with van der Waals surface area (Å²) in [4.78, 5) is 31.3. The van der Waals surface area contributed by atoms with Crippen molar-refractivity contribution < 1.29 is 9.59 Å². The van der Waals surface area contributed by atoms with Gasteiger partial charge in [-0.3, -0.25) is 14.5 Å². The Morgan fingerprint density at radius 1 is 0.923 bits per heavy atom. The van der Waals surface area contributed by atoms with Crippen LogP contribution in [0.2, 0.25) is 0 Å². The quantitative estimate of drug-likeness (QED) is 0.872. The molecule has 2 heterocycles. The van der Waals surface area contributed by atoms with Gasteiger partial charge in [0.2, 0.25) is 11.8 Å². The van der Waals surface area contributed by atoms with Crippen molar-refractivity contribution in [1.82, 2.24) is 14.7 Å². The lowest BCUT2D eigenvalue weighted by Gasteiger charge is -2.39. The third kappa shape index (κ3) is 4.24. The molecule has 2 aliphatic rings. The Morgan fingerprint density at radius 2 is 1.54 bits per heavy atom. The van der Waals surface area contributed by atoms with Crippen LogP contribution in [-0.4, -0.2) is 72.3 Å². The summed E-state index contributed by atoms with van der Waals surface area (Å²) in [6.07, 6.45) is 3.45. The smallest absolute Gasteiger partial charge is 0.247 e. The van der Waals surface area contributed by atoms with Gasteiger partial charge in [-0.15, -0.1) is 0 Å². The molecule has 1 aromatic rings. The van der Waals surface area contributed by atoms with E-state index >= 15 is 0 Å². The van der Waals surface area contributed by atoms with Crippen LogP contribution in [0.3, 0.4) is 0 Å². The molecule has 3 rings (SSSR count). The number of rotatable bonds is 4. The summed E-state index contributed by atoms with van der Waals surface area (Å²) < 4.78 is 0. The van der Waals surface area contributed by atoms with E-state index in [1.165, 1.54) is 6.42 Å². The van der Waals surface area contributed by atoms with Gasteiger partial charge in [-0.05, 0) is 31.7 Å². The van der Waals surface area contributed by atoms with Crippen LogP contribution in [0.5, 0.6) is 0 Å². The molecule has 142 valence electrons. The number of piperidine rings is 1. The van der Waals surface area contributed by atoms with Gasteiger partial charge in [0.25, 0.3) is 0 Å². The zero-order valence-electron chi connectivity index (χ0n) is 15.7. The van der Waals surface area contributed by atoms with Crippen molar-refractivity contribution in [1.29, 1.82) is 0 Å². The van der Waals surface area contributed by atoms with Crippen molar-refractivity contribution in [2.24, 2.45) is 5.73 Å². The van der Waals surface area contributed by atoms with Gasteiger partial charge in [0.05, 0.1) is 6.54 Å². The summed E-state index contributed by atoms with van der Waals surface area (Å²) in [5.74, 6) is 0.170. The summed E-state index contributed by atoms with van der Waals surface area (Å²) in [6, 6.07) is 9.51. The molecule has 0 radical (unpaired) electrons. The van der Waals surface area contributed by atoms with Gasteiger partial charge < -0.3 is 15.5 Å². The molecule has 0 aliphatic carbocycles. The molecule has 2 fully saturated rings. The molecule has 6 nitrogen and oxygen atoms in total. The Balaban J connectivity index is 1.51. The topological polar surface area (TPSA) is 69.9 Å². The number of amides is 2. The number of carbonyl (C=O) groups excluding carboxylic acids is 2. The fourth-order valence-corrected chi connectivity index (χ4v) is 3.78. The van der Waals surface area contributed by atoms with Crippen LogP contribution >= 0.6 is 0 Å². The largest absolute Gasteiger partial charge is 0.342 e. The molecule has 2 N–H and O–H groups in total. The molecule has 1 aromatic carbocycles. The summed E-state index contributed by atoms with van der Waals surface area (Å²) in [6.45, 7) is 6.68. The number of likely N-dealkylation sites (tertiary alicyclic amines) is 1. The maximum atomic E-state index is 12.9. The average molecular weight is 358 g/mol. The van der Waals surface area contributed by atoms with Crippen LogP contribution in [0.15, 0.2) is 30.3 Å². The molecule has 2 aliphatic heterocycles. The van der Waals surface area contributed by atoms with E-state index in [0.717, 1.165) is 44.6 Å². The SMILES string of the molecule is CC(N)(C(=O)N1CCN(CC(=O)N2CCCCC2)CC1)c1ccccc1. The Kier molecular flexibility index (Phi) is 5.94.